The third kappa shape index (κ3) is 2.84. The first-order valence-corrected chi connectivity index (χ1v) is 4.79. The molecule has 1 aliphatic carbocycles. The van der Waals surface area contributed by atoms with Gasteiger partial charge in [-0.2, -0.15) is 0 Å². The third-order valence-corrected chi connectivity index (χ3v) is 2.77. The summed E-state index contributed by atoms with van der Waals surface area (Å²) >= 11 is 0. The van der Waals surface area contributed by atoms with Crippen LogP contribution in [-0.4, -0.2) is 24.2 Å². The molecule has 1 amide bonds. The lowest BCUT2D eigenvalue weighted by Gasteiger charge is -2.16. The molecule has 0 spiro atoms. The van der Waals surface area contributed by atoms with Crippen molar-refractivity contribution >= 4 is 5.91 Å². The van der Waals surface area contributed by atoms with Crippen molar-refractivity contribution in [2.45, 2.75) is 19.3 Å². The lowest BCUT2D eigenvalue weighted by Crippen LogP contribution is -2.30. The van der Waals surface area contributed by atoms with E-state index in [0.29, 0.717) is 18.4 Å². The van der Waals surface area contributed by atoms with Crippen LogP contribution in [0, 0.1) is 11.8 Å². The zero-order valence-electron chi connectivity index (χ0n) is 7.83. The maximum atomic E-state index is 10.9. The Morgan fingerprint density at radius 1 is 1.54 bits per heavy atom. The highest BCUT2D eigenvalue weighted by molar-refractivity contribution is 5.86. The Morgan fingerprint density at radius 2 is 2.23 bits per heavy atom. The van der Waals surface area contributed by atoms with Crippen LogP contribution >= 0.6 is 0 Å². The number of rotatable bonds is 4. The summed E-state index contributed by atoms with van der Waals surface area (Å²) in [5, 5.41) is 11.8. The number of carbonyl (C=O) groups is 1. The van der Waals surface area contributed by atoms with Crippen LogP contribution in [0.1, 0.15) is 19.3 Å². The molecule has 1 rings (SSSR count). The van der Waals surface area contributed by atoms with Gasteiger partial charge in [0.15, 0.2) is 0 Å². The summed E-state index contributed by atoms with van der Waals surface area (Å²) in [6.45, 7) is 4.30. The number of hydrogen-bond acceptors (Lipinski definition) is 2. The summed E-state index contributed by atoms with van der Waals surface area (Å²) < 4.78 is 0. The number of carbonyl (C=O) groups excluding carboxylic acids is 1. The Balaban J connectivity index is 2.27. The van der Waals surface area contributed by atoms with Crippen molar-refractivity contribution in [2.24, 2.45) is 11.8 Å². The first-order chi connectivity index (χ1) is 6.27. The number of nitrogens with one attached hydrogen (secondary N) is 1. The summed E-state index contributed by atoms with van der Waals surface area (Å²) in [5.41, 5.74) is 0. The second-order valence-corrected chi connectivity index (χ2v) is 3.58. The highest BCUT2D eigenvalue weighted by atomic mass is 16.3. The second kappa shape index (κ2) is 5.02. The fourth-order valence-corrected chi connectivity index (χ4v) is 1.93. The molecule has 0 heterocycles. The van der Waals surface area contributed by atoms with Gasteiger partial charge in [-0.15, -0.1) is 0 Å². The van der Waals surface area contributed by atoms with Gasteiger partial charge in [0.05, 0.1) is 0 Å². The predicted molar refractivity (Wildman–Crippen MR) is 51.1 cm³/mol. The van der Waals surface area contributed by atoms with E-state index in [0.717, 1.165) is 12.8 Å². The zero-order chi connectivity index (χ0) is 9.68. The van der Waals surface area contributed by atoms with Crippen LogP contribution in [0.25, 0.3) is 0 Å². The van der Waals surface area contributed by atoms with Gasteiger partial charge in [0.2, 0.25) is 5.91 Å². The van der Waals surface area contributed by atoms with Crippen molar-refractivity contribution in [1.29, 1.82) is 0 Å². The molecule has 0 aliphatic heterocycles. The van der Waals surface area contributed by atoms with Gasteiger partial charge in [-0.1, -0.05) is 13.0 Å². The second-order valence-electron chi connectivity index (χ2n) is 3.58. The van der Waals surface area contributed by atoms with E-state index in [-0.39, 0.29) is 12.5 Å². The van der Waals surface area contributed by atoms with Crippen molar-refractivity contribution in [3.63, 3.8) is 0 Å². The van der Waals surface area contributed by atoms with E-state index in [1.807, 2.05) is 0 Å². The summed E-state index contributed by atoms with van der Waals surface area (Å²) in [6, 6.07) is 0. The molecular weight excluding hydrogens is 166 g/mol. The molecule has 1 saturated carbocycles. The minimum Gasteiger partial charge on any atom is -0.396 e. The van der Waals surface area contributed by atoms with Crippen LogP contribution in [0.3, 0.4) is 0 Å². The van der Waals surface area contributed by atoms with Gasteiger partial charge in [0.25, 0.3) is 0 Å². The molecule has 3 heteroatoms. The van der Waals surface area contributed by atoms with Gasteiger partial charge in [-0.25, -0.2) is 0 Å². The fourth-order valence-electron chi connectivity index (χ4n) is 1.93. The molecule has 74 valence electrons. The standard InChI is InChI=1S/C10H17NO2/c1-2-10(13)11-6-8-4-3-5-9(8)7-12/h2,8-9,12H,1,3-7H2,(H,11,13). The van der Waals surface area contributed by atoms with E-state index in [1.54, 1.807) is 0 Å². The normalized spacial score (nSPS) is 27.2. The van der Waals surface area contributed by atoms with E-state index >= 15 is 0 Å². The average Bonchev–Trinajstić information content (AvgIpc) is 2.61. The van der Waals surface area contributed by atoms with E-state index in [2.05, 4.69) is 11.9 Å². The van der Waals surface area contributed by atoms with Crippen molar-refractivity contribution in [3.8, 4) is 0 Å². The summed E-state index contributed by atoms with van der Waals surface area (Å²) in [7, 11) is 0. The number of amides is 1. The summed E-state index contributed by atoms with van der Waals surface area (Å²) in [6.07, 6.45) is 4.65. The SMILES string of the molecule is C=CC(=O)NCC1CCCC1CO. The third-order valence-electron chi connectivity index (χ3n) is 2.77. The van der Waals surface area contributed by atoms with Crippen LogP contribution < -0.4 is 5.32 Å². The zero-order valence-corrected chi connectivity index (χ0v) is 7.83. The van der Waals surface area contributed by atoms with Crippen LogP contribution in [-0.2, 0) is 4.79 Å². The van der Waals surface area contributed by atoms with Gasteiger partial charge in [-0.05, 0) is 30.8 Å². The lowest BCUT2D eigenvalue weighted by atomic mass is 9.97. The molecule has 1 fully saturated rings. The summed E-state index contributed by atoms with van der Waals surface area (Å²) in [4.78, 5) is 10.9. The minimum absolute atomic E-state index is 0.122. The van der Waals surface area contributed by atoms with Gasteiger partial charge >= 0.3 is 0 Å². The maximum Gasteiger partial charge on any atom is 0.243 e. The number of aliphatic hydroxyl groups is 1. The largest absolute Gasteiger partial charge is 0.396 e. The van der Waals surface area contributed by atoms with Gasteiger partial charge < -0.3 is 10.4 Å². The molecule has 1 aliphatic rings. The molecule has 2 atom stereocenters. The molecule has 0 bridgehead atoms. The Hall–Kier alpha value is -0.830. The van der Waals surface area contributed by atoms with Crippen molar-refractivity contribution in [3.05, 3.63) is 12.7 Å². The Labute approximate surface area is 78.8 Å². The molecule has 3 nitrogen and oxygen atoms in total. The van der Waals surface area contributed by atoms with Crippen LogP contribution in [0.5, 0.6) is 0 Å². The average molecular weight is 183 g/mol. The van der Waals surface area contributed by atoms with E-state index in [9.17, 15) is 4.79 Å². The van der Waals surface area contributed by atoms with E-state index in [4.69, 9.17) is 5.11 Å². The van der Waals surface area contributed by atoms with Gasteiger partial charge in [0, 0.05) is 13.2 Å². The van der Waals surface area contributed by atoms with Crippen LogP contribution in [0.4, 0.5) is 0 Å². The molecule has 2 N–H and O–H groups in total. The molecule has 13 heavy (non-hydrogen) atoms. The molecule has 0 radical (unpaired) electrons. The highest BCUT2D eigenvalue weighted by Gasteiger charge is 2.26. The van der Waals surface area contributed by atoms with Gasteiger partial charge in [0.1, 0.15) is 0 Å². The molecule has 0 aromatic heterocycles. The van der Waals surface area contributed by atoms with Crippen molar-refractivity contribution in [2.75, 3.05) is 13.2 Å². The minimum atomic E-state index is -0.122. The Morgan fingerprint density at radius 3 is 2.85 bits per heavy atom. The number of aliphatic hydroxyl groups excluding tert-OH is 1. The van der Waals surface area contributed by atoms with E-state index in [1.165, 1.54) is 12.5 Å². The van der Waals surface area contributed by atoms with Crippen LogP contribution in [0.2, 0.25) is 0 Å². The first-order valence-electron chi connectivity index (χ1n) is 4.79. The predicted octanol–water partition coefficient (Wildman–Crippen LogP) is 0.697. The molecular formula is C10H17NO2. The topological polar surface area (TPSA) is 49.3 Å². The van der Waals surface area contributed by atoms with Crippen molar-refractivity contribution < 1.29 is 9.90 Å². The lowest BCUT2D eigenvalue weighted by molar-refractivity contribution is -0.116. The monoisotopic (exact) mass is 183 g/mol. The Kier molecular flexibility index (Phi) is 3.96. The molecule has 0 aromatic carbocycles. The highest BCUT2D eigenvalue weighted by Crippen LogP contribution is 2.30. The Bertz CT molecular complexity index is 191. The number of hydrogen-bond donors (Lipinski definition) is 2. The van der Waals surface area contributed by atoms with Crippen LogP contribution in [0.15, 0.2) is 12.7 Å². The molecule has 2 unspecified atom stereocenters. The fraction of sp³-hybridized carbons (Fsp3) is 0.700. The van der Waals surface area contributed by atoms with E-state index < -0.39 is 0 Å². The molecule has 0 aromatic rings. The quantitative estimate of drug-likeness (QED) is 0.630. The maximum absolute atomic E-state index is 10.9. The first kappa shape index (κ1) is 10.3. The van der Waals surface area contributed by atoms with Crippen molar-refractivity contribution in [1.82, 2.24) is 5.32 Å². The summed E-state index contributed by atoms with van der Waals surface area (Å²) in [5.74, 6) is 0.711. The smallest absolute Gasteiger partial charge is 0.243 e. The molecule has 0 saturated heterocycles. The van der Waals surface area contributed by atoms with Gasteiger partial charge in [-0.3, -0.25) is 4.79 Å².